The van der Waals surface area contributed by atoms with Crippen molar-refractivity contribution in [2.45, 2.75) is 91.6 Å². The van der Waals surface area contributed by atoms with Crippen molar-refractivity contribution < 1.29 is 5.11 Å². The Morgan fingerprint density at radius 2 is 1.52 bits per heavy atom. The Bertz CT molecular complexity index is 558. The van der Waals surface area contributed by atoms with Crippen LogP contribution in [0.5, 0.6) is 0 Å². The van der Waals surface area contributed by atoms with E-state index in [4.69, 9.17) is 0 Å². The van der Waals surface area contributed by atoms with E-state index in [1.54, 1.807) is 0 Å². The Balaban J connectivity index is 1.64. The summed E-state index contributed by atoms with van der Waals surface area (Å²) in [5, 5.41) is 10.7. The van der Waals surface area contributed by atoms with Gasteiger partial charge in [-0.3, -0.25) is 0 Å². The predicted molar refractivity (Wildman–Crippen MR) is 105 cm³/mol. The topological polar surface area (TPSA) is 20.2 Å². The van der Waals surface area contributed by atoms with Gasteiger partial charge in [0.2, 0.25) is 0 Å². The third-order valence-electron chi connectivity index (χ3n) is 9.60. The van der Waals surface area contributed by atoms with E-state index in [1.165, 1.54) is 44.1 Å². The van der Waals surface area contributed by atoms with E-state index in [0.717, 1.165) is 48.3 Å². The number of hydrogen-bond donors (Lipinski definition) is 1. The number of allylic oxidation sites excluding steroid dienone is 1. The standard InChI is InChI=1S/C24H40O/c1-15(2)19-7-8-20-18-13-22(3,4)21-14-23(5,25)11-9-17(21)16(18)10-12-24(19,20)6/h16-21,25H,1,7-14H2,2-6H3/t16-,17-,18-,19-,20+,21-,23-,24-/m1/s1. The molecule has 4 aliphatic rings. The molecule has 4 aliphatic carbocycles. The van der Waals surface area contributed by atoms with Gasteiger partial charge in [0.15, 0.2) is 0 Å². The highest BCUT2D eigenvalue weighted by Gasteiger charge is 2.60. The lowest BCUT2D eigenvalue weighted by molar-refractivity contribution is -0.144. The summed E-state index contributed by atoms with van der Waals surface area (Å²) in [6.07, 6.45) is 10.3. The van der Waals surface area contributed by atoms with Crippen LogP contribution >= 0.6 is 0 Å². The molecule has 0 aromatic rings. The number of hydrogen-bond acceptors (Lipinski definition) is 1. The minimum Gasteiger partial charge on any atom is -0.390 e. The molecule has 1 nitrogen and oxygen atoms in total. The van der Waals surface area contributed by atoms with Crippen molar-refractivity contribution in [3.05, 3.63) is 12.2 Å². The zero-order chi connectivity index (χ0) is 18.2. The summed E-state index contributed by atoms with van der Waals surface area (Å²) < 4.78 is 0. The summed E-state index contributed by atoms with van der Waals surface area (Å²) in [5.74, 6) is 5.10. The van der Waals surface area contributed by atoms with E-state index in [-0.39, 0.29) is 0 Å². The zero-order valence-electron chi connectivity index (χ0n) is 17.3. The van der Waals surface area contributed by atoms with Crippen LogP contribution in [0.3, 0.4) is 0 Å². The number of rotatable bonds is 1. The lowest BCUT2D eigenvalue weighted by atomic mass is 9.44. The maximum atomic E-state index is 10.7. The maximum Gasteiger partial charge on any atom is 0.0622 e. The van der Waals surface area contributed by atoms with E-state index in [0.29, 0.717) is 10.8 Å². The van der Waals surface area contributed by atoms with Crippen molar-refractivity contribution in [3.8, 4) is 0 Å². The lowest BCUT2D eigenvalue weighted by Crippen LogP contribution is -2.55. The molecular weight excluding hydrogens is 304 g/mol. The normalized spacial score (nSPS) is 54.3. The molecule has 0 amide bonds. The summed E-state index contributed by atoms with van der Waals surface area (Å²) in [6, 6.07) is 0. The number of aliphatic hydroxyl groups is 1. The van der Waals surface area contributed by atoms with Crippen molar-refractivity contribution in [1.82, 2.24) is 0 Å². The van der Waals surface area contributed by atoms with E-state index < -0.39 is 5.60 Å². The van der Waals surface area contributed by atoms with Crippen LogP contribution in [0.1, 0.15) is 86.0 Å². The second-order valence-corrected chi connectivity index (χ2v) is 11.7. The van der Waals surface area contributed by atoms with Gasteiger partial charge in [-0.05, 0) is 112 Å². The first-order valence-corrected chi connectivity index (χ1v) is 10.9. The van der Waals surface area contributed by atoms with Crippen LogP contribution in [-0.4, -0.2) is 10.7 Å². The van der Waals surface area contributed by atoms with Crippen LogP contribution in [-0.2, 0) is 0 Å². The molecule has 8 atom stereocenters. The van der Waals surface area contributed by atoms with Gasteiger partial charge in [-0.15, -0.1) is 0 Å². The zero-order valence-corrected chi connectivity index (χ0v) is 17.3. The molecule has 0 bridgehead atoms. The Labute approximate surface area is 155 Å². The molecule has 4 saturated carbocycles. The fourth-order valence-electron chi connectivity index (χ4n) is 8.48. The highest BCUT2D eigenvalue weighted by atomic mass is 16.3. The highest BCUT2D eigenvalue weighted by Crippen LogP contribution is 2.68. The van der Waals surface area contributed by atoms with Crippen molar-refractivity contribution >= 4 is 0 Å². The molecule has 1 N–H and O–H groups in total. The molecule has 0 aromatic carbocycles. The third kappa shape index (κ3) is 2.67. The van der Waals surface area contributed by atoms with Gasteiger partial charge < -0.3 is 5.11 Å². The molecular formula is C24H40O. The van der Waals surface area contributed by atoms with Gasteiger partial charge in [-0.2, -0.15) is 0 Å². The van der Waals surface area contributed by atoms with Crippen LogP contribution in [0, 0.1) is 46.3 Å². The second kappa shape index (κ2) is 5.60. The summed E-state index contributed by atoms with van der Waals surface area (Å²) in [4.78, 5) is 0. The highest BCUT2D eigenvalue weighted by molar-refractivity contribution is 5.15. The lowest BCUT2D eigenvalue weighted by Gasteiger charge is -2.61. The van der Waals surface area contributed by atoms with Gasteiger partial charge in [0.05, 0.1) is 5.60 Å². The van der Waals surface area contributed by atoms with Gasteiger partial charge in [0.25, 0.3) is 0 Å². The fraction of sp³-hybridized carbons (Fsp3) is 0.917. The van der Waals surface area contributed by atoms with Gasteiger partial charge in [0, 0.05) is 0 Å². The summed E-state index contributed by atoms with van der Waals surface area (Å²) in [6.45, 7) is 16.3. The smallest absolute Gasteiger partial charge is 0.0622 e. The van der Waals surface area contributed by atoms with Gasteiger partial charge in [-0.25, -0.2) is 0 Å². The van der Waals surface area contributed by atoms with Crippen LogP contribution in [0.4, 0.5) is 0 Å². The summed E-state index contributed by atoms with van der Waals surface area (Å²) in [5.41, 5.74) is 1.91. The average Bonchev–Trinajstić information content (AvgIpc) is 2.84. The first-order valence-electron chi connectivity index (χ1n) is 10.9. The van der Waals surface area contributed by atoms with Gasteiger partial charge in [0.1, 0.15) is 0 Å². The molecule has 4 fully saturated rings. The molecule has 4 rings (SSSR count). The molecule has 0 spiro atoms. The molecule has 0 aliphatic heterocycles. The first kappa shape index (κ1) is 18.1. The molecule has 142 valence electrons. The quantitative estimate of drug-likeness (QED) is 0.560. The Morgan fingerprint density at radius 1 is 0.840 bits per heavy atom. The number of fused-ring (bicyclic) bond motifs is 5. The van der Waals surface area contributed by atoms with Crippen LogP contribution in [0.15, 0.2) is 12.2 Å². The Morgan fingerprint density at radius 3 is 2.20 bits per heavy atom. The largest absolute Gasteiger partial charge is 0.390 e. The average molecular weight is 345 g/mol. The molecule has 0 aromatic heterocycles. The minimum atomic E-state index is -0.424. The van der Waals surface area contributed by atoms with E-state index in [1.807, 2.05) is 0 Å². The van der Waals surface area contributed by atoms with Crippen molar-refractivity contribution in [3.63, 3.8) is 0 Å². The van der Waals surface area contributed by atoms with E-state index in [2.05, 4.69) is 41.2 Å². The Kier molecular flexibility index (Phi) is 4.05. The van der Waals surface area contributed by atoms with E-state index in [9.17, 15) is 5.11 Å². The van der Waals surface area contributed by atoms with Crippen molar-refractivity contribution in [1.29, 1.82) is 0 Å². The van der Waals surface area contributed by atoms with Gasteiger partial charge in [-0.1, -0.05) is 32.9 Å². The van der Waals surface area contributed by atoms with Crippen LogP contribution < -0.4 is 0 Å². The summed E-state index contributed by atoms with van der Waals surface area (Å²) in [7, 11) is 0. The summed E-state index contributed by atoms with van der Waals surface area (Å²) >= 11 is 0. The van der Waals surface area contributed by atoms with Crippen molar-refractivity contribution in [2.75, 3.05) is 0 Å². The van der Waals surface area contributed by atoms with Crippen LogP contribution in [0.25, 0.3) is 0 Å². The molecule has 0 saturated heterocycles. The predicted octanol–water partition coefficient (Wildman–Crippen LogP) is 6.22. The van der Waals surface area contributed by atoms with Gasteiger partial charge >= 0.3 is 0 Å². The minimum absolute atomic E-state index is 0.385. The monoisotopic (exact) mass is 344 g/mol. The molecule has 25 heavy (non-hydrogen) atoms. The molecule has 0 heterocycles. The van der Waals surface area contributed by atoms with E-state index >= 15 is 0 Å². The van der Waals surface area contributed by atoms with Crippen molar-refractivity contribution in [2.24, 2.45) is 46.3 Å². The maximum absolute atomic E-state index is 10.7. The SMILES string of the molecule is C=C(C)[C@H]1CC[C@H]2[C@@H]3CC(C)(C)[C@@H]4C[C@](C)(O)CC[C@@H]4[C@H]3CC[C@]12C. The Hall–Kier alpha value is -0.300. The third-order valence-corrected chi connectivity index (χ3v) is 9.60. The first-order chi connectivity index (χ1) is 11.6. The molecule has 0 unspecified atom stereocenters. The van der Waals surface area contributed by atoms with Crippen LogP contribution in [0.2, 0.25) is 0 Å². The molecule has 0 radical (unpaired) electrons. The fourth-order valence-corrected chi connectivity index (χ4v) is 8.48. The molecule has 1 heteroatoms. The second-order valence-electron chi connectivity index (χ2n) is 11.7.